The molecule has 8 nitrogen and oxygen atoms in total. The van der Waals surface area contributed by atoms with E-state index in [0.29, 0.717) is 32.8 Å². The van der Waals surface area contributed by atoms with Crippen LogP contribution >= 0.6 is 0 Å². The summed E-state index contributed by atoms with van der Waals surface area (Å²) >= 11 is 0. The molecular formula is C21H27N5O3. The second kappa shape index (κ2) is 7.85. The van der Waals surface area contributed by atoms with Crippen LogP contribution in [0.4, 0.5) is 0 Å². The van der Waals surface area contributed by atoms with Crippen LogP contribution in [0.2, 0.25) is 0 Å². The molecule has 0 N–H and O–H groups in total. The maximum atomic E-state index is 13.1. The SMILES string of the molecule is O=C(C1Cn2ccnc2C2(CCN(Cc3ccncc3)CC2)O1)N1CCOCC1. The number of carbonyl (C=O) groups is 1. The predicted molar refractivity (Wildman–Crippen MR) is 105 cm³/mol. The minimum Gasteiger partial charge on any atom is -0.378 e. The van der Waals surface area contributed by atoms with Gasteiger partial charge in [0.1, 0.15) is 11.4 Å². The van der Waals surface area contributed by atoms with Gasteiger partial charge < -0.3 is 18.9 Å². The lowest BCUT2D eigenvalue weighted by molar-refractivity contribution is -0.183. The van der Waals surface area contributed by atoms with Gasteiger partial charge in [-0.05, 0) is 30.5 Å². The molecule has 1 unspecified atom stereocenters. The maximum Gasteiger partial charge on any atom is 0.253 e. The molecule has 0 bridgehead atoms. The van der Waals surface area contributed by atoms with Gasteiger partial charge in [-0.3, -0.25) is 14.7 Å². The molecule has 0 aliphatic carbocycles. The normalized spacial score (nSPS) is 24.4. The highest BCUT2D eigenvalue weighted by Crippen LogP contribution is 2.40. The van der Waals surface area contributed by atoms with Crippen molar-refractivity contribution in [2.45, 2.75) is 37.6 Å². The Bertz CT molecular complexity index is 841. The number of fused-ring (bicyclic) bond motifs is 2. The number of likely N-dealkylation sites (tertiary alicyclic amines) is 1. The molecule has 2 aromatic heterocycles. The zero-order valence-corrected chi connectivity index (χ0v) is 16.6. The van der Waals surface area contributed by atoms with Crippen LogP contribution in [0, 0.1) is 0 Å². The number of aromatic nitrogens is 3. The number of nitrogens with zero attached hydrogens (tertiary/aromatic N) is 5. The van der Waals surface area contributed by atoms with E-state index >= 15 is 0 Å². The molecular weight excluding hydrogens is 370 g/mol. The largest absolute Gasteiger partial charge is 0.378 e. The van der Waals surface area contributed by atoms with Gasteiger partial charge in [0.05, 0.1) is 19.8 Å². The first-order valence-corrected chi connectivity index (χ1v) is 10.4. The summed E-state index contributed by atoms with van der Waals surface area (Å²) in [6.07, 6.45) is 8.69. The number of pyridine rings is 1. The van der Waals surface area contributed by atoms with Gasteiger partial charge in [-0.25, -0.2) is 4.98 Å². The van der Waals surface area contributed by atoms with Crippen LogP contribution in [0.25, 0.3) is 0 Å². The van der Waals surface area contributed by atoms with Crippen molar-refractivity contribution in [3.05, 3.63) is 48.3 Å². The van der Waals surface area contributed by atoms with Crippen LogP contribution in [0.15, 0.2) is 36.9 Å². The lowest BCUT2D eigenvalue weighted by Crippen LogP contribution is -2.55. The number of carbonyl (C=O) groups excluding carboxylic acids is 1. The zero-order valence-electron chi connectivity index (χ0n) is 16.6. The minimum absolute atomic E-state index is 0.0752. The number of rotatable bonds is 3. The summed E-state index contributed by atoms with van der Waals surface area (Å²) in [6, 6.07) is 4.12. The van der Waals surface area contributed by atoms with Crippen molar-refractivity contribution in [3.8, 4) is 0 Å². The van der Waals surface area contributed by atoms with Crippen molar-refractivity contribution in [2.24, 2.45) is 0 Å². The van der Waals surface area contributed by atoms with Gasteiger partial charge in [0.2, 0.25) is 0 Å². The van der Waals surface area contributed by atoms with E-state index in [1.54, 1.807) is 0 Å². The van der Waals surface area contributed by atoms with Crippen LogP contribution in [0.1, 0.15) is 24.2 Å². The number of morpholine rings is 1. The first-order chi connectivity index (χ1) is 14.2. The van der Waals surface area contributed by atoms with Gasteiger partial charge >= 0.3 is 0 Å². The molecule has 1 atom stereocenters. The molecule has 5 rings (SSSR count). The Balaban J connectivity index is 1.31. The molecule has 3 aliphatic rings. The van der Waals surface area contributed by atoms with Crippen LogP contribution < -0.4 is 0 Å². The molecule has 3 aliphatic heterocycles. The van der Waals surface area contributed by atoms with Crippen molar-refractivity contribution in [1.82, 2.24) is 24.3 Å². The predicted octanol–water partition coefficient (Wildman–Crippen LogP) is 1.03. The third kappa shape index (κ3) is 3.68. The molecule has 1 spiro atoms. The average molecular weight is 397 g/mol. The highest BCUT2D eigenvalue weighted by atomic mass is 16.5. The smallest absolute Gasteiger partial charge is 0.253 e. The van der Waals surface area contributed by atoms with Crippen molar-refractivity contribution >= 4 is 5.91 Å². The van der Waals surface area contributed by atoms with Crippen molar-refractivity contribution in [2.75, 3.05) is 39.4 Å². The number of ether oxygens (including phenoxy) is 2. The molecule has 2 fully saturated rings. The molecule has 0 saturated carbocycles. The lowest BCUT2D eigenvalue weighted by Gasteiger charge is -2.46. The van der Waals surface area contributed by atoms with E-state index in [0.717, 1.165) is 38.3 Å². The van der Waals surface area contributed by atoms with Crippen molar-refractivity contribution in [1.29, 1.82) is 0 Å². The summed E-state index contributed by atoms with van der Waals surface area (Å²) in [6.45, 7) is 5.75. The molecule has 8 heteroatoms. The Hall–Kier alpha value is -2.29. The van der Waals surface area contributed by atoms with E-state index in [-0.39, 0.29) is 5.91 Å². The fraction of sp³-hybridized carbons (Fsp3) is 0.571. The third-order valence-electron chi connectivity index (χ3n) is 6.27. The molecule has 2 saturated heterocycles. The standard InChI is InChI=1S/C21H27N5O3/c27-19(25-11-13-28-14-12-25)18-16-26-10-7-23-20(26)21(29-18)3-8-24(9-4-21)15-17-1-5-22-6-2-17/h1-2,5-7,10,18H,3-4,8-9,11-16H2. The summed E-state index contributed by atoms with van der Waals surface area (Å²) in [4.78, 5) is 26.1. The summed E-state index contributed by atoms with van der Waals surface area (Å²) in [7, 11) is 0. The topological polar surface area (TPSA) is 72.7 Å². The number of hydrogen-bond acceptors (Lipinski definition) is 6. The quantitative estimate of drug-likeness (QED) is 0.770. The van der Waals surface area contributed by atoms with E-state index in [2.05, 4.69) is 31.6 Å². The number of piperidine rings is 1. The van der Waals surface area contributed by atoms with E-state index in [1.165, 1.54) is 5.56 Å². The first-order valence-electron chi connectivity index (χ1n) is 10.4. The molecule has 5 heterocycles. The van der Waals surface area contributed by atoms with Gasteiger partial charge in [0.15, 0.2) is 6.10 Å². The Morgan fingerprint density at radius 1 is 1.10 bits per heavy atom. The summed E-state index contributed by atoms with van der Waals surface area (Å²) in [5, 5.41) is 0. The zero-order chi connectivity index (χ0) is 19.7. The van der Waals surface area contributed by atoms with Crippen molar-refractivity contribution in [3.63, 3.8) is 0 Å². The fourth-order valence-corrected chi connectivity index (χ4v) is 4.67. The molecule has 1 amide bonds. The van der Waals surface area contributed by atoms with Crippen LogP contribution in [0.5, 0.6) is 0 Å². The van der Waals surface area contributed by atoms with Crippen LogP contribution in [0.3, 0.4) is 0 Å². The van der Waals surface area contributed by atoms with Gasteiger partial charge in [-0.1, -0.05) is 0 Å². The third-order valence-corrected chi connectivity index (χ3v) is 6.27. The van der Waals surface area contributed by atoms with Gasteiger partial charge in [-0.2, -0.15) is 0 Å². The Morgan fingerprint density at radius 3 is 2.62 bits per heavy atom. The van der Waals surface area contributed by atoms with Gasteiger partial charge in [0, 0.05) is 57.5 Å². The number of hydrogen-bond donors (Lipinski definition) is 0. The monoisotopic (exact) mass is 397 g/mol. The molecule has 0 aromatic carbocycles. The Kier molecular flexibility index (Phi) is 5.07. The molecule has 2 aromatic rings. The summed E-state index contributed by atoms with van der Waals surface area (Å²) in [5.41, 5.74) is 0.783. The Labute approximate surface area is 170 Å². The fourth-order valence-electron chi connectivity index (χ4n) is 4.67. The first kappa shape index (κ1) is 18.7. The van der Waals surface area contributed by atoms with Gasteiger partial charge in [0.25, 0.3) is 5.91 Å². The van der Waals surface area contributed by atoms with Crippen molar-refractivity contribution < 1.29 is 14.3 Å². The van der Waals surface area contributed by atoms with Crippen LogP contribution in [-0.4, -0.2) is 75.7 Å². The van der Waals surface area contributed by atoms with E-state index in [1.807, 2.05) is 29.7 Å². The molecule has 0 radical (unpaired) electrons. The van der Waals surface area contributed by atoms with E-state index in [4.69, 9.17) is 9.47 Å². The van der Waals surface area contributed by atoms with E-state index < -0.39 is 11.7 Å². The van der Waals surface area contributed by atoms with Crippen LogP contribution in [-0.2, 0) is 33.0 Å². The van der Waals surface area contributed by atoms with Gasteiger partial charge in [-0.15, -0.1) is 0 Å². The highest BCUT2D eigenvalue weighted by molar-refractivity contribution is 5.81. The highest BCUT2D eigenvalue weighted by Gasteiger charge is 2.47. The number of amides is 1. The maximum absolute atomic E-state index is 13.1. The molecule has 29 heavy (non-hydrogen) atoms. The summed E-state index contributed by atoms with van der Waals surface area (Å²) < 4.78 is 14.1. The second-order valence-electron chi connectivity index (χ2n) is 8.07. The number of imidazole rings is 1. The minimum atomic E-state index is -0.483. The Morgan fingerprint density at radius 2 is 1.86 bits per heavy atom. The molecule has 154 valence electrons. The summed E-state index contributed by atoms with van der Waals surface area (Å²) in [5.74, 6) is 1.04. The lowest BCUT2D eigenvalue weighted by atomic mass is 9.88. The van der Waals surface area contributed by atoms with E-state index in [9.17, 15) is 4.79 Å². The second-order valence-corrected chi connectivity index (χ2v) is 8.07. The average Bonchev–Trinajstić information content (AvgIpc) is 3.26.